The van der Waals surface area contributed by atoms with E-state index in [2.05, 4.69) is 21.2 Å². The number of rotatable bonds is 5. The zero-order valence-corrected chi connectivity index (χ0v) is 14.6. The maximum absolute atomic E-state index is 13.3. The van der Waals surface area contributed by atoms with Crippen molar-refractivity contribution in [2.75, 3.05) is 6.54 Å². The predicted octanol–water partition coefficient (Wildman–Crippen LogP) is 5.79. The highest BCUT2D eigenvalue weighted by Gasteiger charge is 2.13. The summed E-state index contributed by atoms with van der Waals surface area (Å²) in [7, 11) is 0. The molecule has 1 unspecified atom stereocenters. The van der Waals surface area contributed by atoms with Crippen LogP contribution in [0.4, 0.5) is 4.39 Å². The van der Waals surface area contributed by atoms with E-state index in [4.69, 9.17) is 23.2 Å². The Morgan fingerprint density at radius 3 is 2.38 bits per heavy atom. The van der Waals surface area contributed by atoms with Crippen LogP contribution in [-0.2, 0) is 6.42 Å². The number of hydrogen-bond acceptors (Lipinski definition) is 1. The van der Waals surface area contributed by atoms with Crippen molar-refractivity contribution in [2.45, 2.75) is 19.4 Å². The average Bonchev–Trinajstić information content (AvgIpc) is 2.41. The smallest absolute Gasteiger partial charge is 0.137 e. The summed E-state index contributed by atoms with van der Waals surface area (Å²) in [5.74, 6) is -0.260. The molecule has 1 atom stereocenters. The molecule has 2 aromatic rings. The second-order valence-electron chi connectivity index (χ2n) is 4.77. The predicted molar refractivity (Wildman–Crippen MR) is 90.7 cm³/mol. The molecule has 0 bridgehead atoms. The van der Waals surface area contributed by atoms with Crippen LogP contribution in [0.5, 0.6) is 0 Å². The van der Waals surface area contributed by atoms with E-state index in [0.29, 0.717) is 14.5 Å². The lowest BCUT2D eigenvalue weighted by Gasteiger charge is -2.19. The van der Waals surface area contributed by atoms with Crippen molar-refractivity contribution in [1.29, 1.82) is 0 Å². The maximum atomic E-state index is 13.3. The number of hydrogen-bond donors (Lipinski definition) is 1. The molecule has 0 aliphatic carbocycles. The van der Waals surface area contributed by atoms with E-state index in [1.54, 1.807) is 18.2 Å². The molecule has 0 spiro atoms. The molecule has 1 N–H and O–H groups in total. The standard InChI is InChI=1S/C16H15BrCl2FN/c1-2-21-16(11-7-12(18)9-13(19)8-11)6-10-3-4-15(20)14(17)5-10/h3-5,7-9,16,21H,2,6H2,1H3. The molecule has 0 radical (unpaired) electrons. The van der Waals surface area contributed by atoms with E-state index in [9.17, 15) is 4.39 Å². The maximum Gasteiger partial charge on any atom is 0.137 e. The summed E-state index contributed by atoms with van der Waals surface area (Å²) in [5.41, 5.74) is 2.06. The van der Waals surface area contributed by atoms with Gasteiger partial charge in [-0.2, -0.15) is 0 Å². The van der Waals surface area contributed by atoms with Crippen LogP contribution >= 0.6 is 39.1 Å². The summed E-state index contributed by atoms with van der Waals surface area (Å²) in [6, 6.07) is 10.6. The van der Waals surface area contributed by atoms with Gasteiger partial charge in [-0.1, -0.05) is 36.2 Å². The van der Waals surface area contributed by atoms with Crippen molar-refractivity contribution >= 4 is 39.1 Å². The minimum Gasteiger partial charge on any atom is -0.310 e. The fourth-order valence-electron chi connectivity index (χ4n) is 2.23. The van der Waals surface area contributed by atoms with E-state index >= 15 is 0 Å². The number of halogens is 4. The quantitative estimate of drug-likeness (QED) is 0.681. The summed E-state index contributed by atoms with van der Waals surface area (Å²) >= 11 is 15.4. The minimum absolute atomic E-state index is 0.0727. The van der Waals surface area contributed by atoms with E-state index in [-0.39, 0.29) is 11.9 Å². The molecule has 0 aliphatic rings. The lowest BCUT2D eigenvalue weighted by molar-refractivity contribution is 0.548. The van der Waals surface area contributed by atoms with Crippen molar-refractivity contribution in [1.82, 2.24) is 5.32 Å². The molecule has 0 saturated heterocycles. The van der Waals surface area contributed by atoms with Crippen LogP contribution in [0.15, 0.2) is 40.9 Å². The Labute approximate surface area is 142 Å². The Balaban J connectivity index is 2.27. The van der Waals surface area contributed by atoms with Crippen molar-refractivity contribution in [3.05, 3.63) is 67.9 Å². The molecule has 0 heterocycles. The van der Waals surface area contributed by atoms with Crippen molar-refractivity contribution in [3.63, 3.8) is 0 Å². The summed E-state index contributed by atoms with van der Waals surface area (Å²) in [5, 5.41) is 4.63. The van der Waals surface area contributed by atoms with Gasteiger partial charge < -0.3 is 5.32 Å². The highest BCUT2D eigenvalue weighted by molar-refractivity contribution is 9.10. The molecule has 0 amide bonds. The van der Waals surface area contributed by atoms with Gasteiger partial charge >= 0.3 is 0 Å². The van der Waals surface area contributed by atoms with Gasteiger partial charge in [0, 0.05) is 16.1 Å². The molecule has 112 valence electrons. The Morgan fingerprint density at radius 1 is 1.14 bits per heavy atom. The number of benzene rings is 2. The van der Waals surface area contributed by atoms with Gasteiger partial charge in [-0.25, -0.2) is 4.39 Å². The van der Waals surface area contributed by atoms with Crippen molar-refractivity contribution in [3.8, 4) is 0 Å². The molecule has 0 fully saturated rings. The first-order valence-corrected chi connectivity index (χ1v) is 8.17. The molecule has 0 saturated carbocycles. The molecular formula is C16H15BrCl2FN. The van der Waals surface area contributed by atoms with Crippen LogP contribution in [0.25, 0.3) is 0 Å². The number of nitrogens with one attached hydrogen (secondary N) is 1. The summed E-state index contributed by atoms with van der Waals surface area (Å²) < 4.78 is 13.8. The third-order valence-electron chi connectivity index (χ3n) is 3.16. The summed E-state index contributed by atoms with van der Waals surface area (Å²) in [4.78, 5) is 0. The highest BCUT2D eigenvalue weighted by Crippen LogP contribution is 2.27. The molecule has 1 nitrogen and oxygen atoms in total. The monoisotopic (exact) mass is 389 g/mol. The zero-order valence-electron chi connectivity index (χ0n) is 11.5. The molecule has 0 aromatic heterocycles. The van der Waals surface area contributed by atoms with Gasteiger partial charge in [-0.05, 0) is 70.4 Å². The van der Waals surface area contributed by atoms with Gasteiger partial charge in [0.1, 0.15) is 5.82 Å². The van der Waals surface area contributed by atoms with Gasteiger partial charge in [0.15, 0.2) is 0 Å². The Bertz CT molecular complexity index is 613. The largest absolute Gasteiger partial charge is 0.310 e. The highest BCUT2D eigenvalue weighted by atomic mass is 79.9. The first-order chi connectivity index (χ1) is 9.99. The minimum atomic E-state index is -0.260. The second kappa shape index (κ2) is 7.59. The van der Waals surface area contributed by atoms with E-state index in [1.807, 2.05) is 19.1 Å². The Hall–Kier alpha value is -0.610. The van der Waals surface area contributed by atoms with Crippen LogP contribution in [0.1, 0.15) is 24.1 Å². The van der Waals surface area contributed by atoms with Gasteiger partial charge in [0.25, 0.3) is 0 Å². The SMILES string of the molecule is CCNC(Cc1ccc(F)c(Br)c1)c1cc(Cl)cc(Cl)c1. The van der Waals surface area contributed by atoms with Crippen LogP contribution in [0.3, 0.4) is 0 Å². The van der Waals surface area contributed by atoms with Gasteiger partial charge in [0.05, 0.1) is 4.47 Å². The first kappa shape index (κ1) is 16.8. The summed E-state index contributed by atoms with van der Waals surface area (Å²) in [6.45, 7) is 2.86. The molecular weight excluding hydrogens is 376 g/mol. The van der Waals surface area contributed by atoms with Gasteiger partial charge in [-0.3, -0.25) is 0 Å². The van der Waals surface area contributed by atoms with E-state index in [0.717, 1.165) is 24.1 Å². The first-order valence-electron chi connectivity index (χ1n) is 6.63. The Kier molecular flexibility index (Phi) is 6.06. The van der Waals surface area contributed by atoms with Crippen LogP contribution < -0.4 is 5.32 Å². The van der Waals surface area contributed by atoms with E-state index in [1.165, 1.54) is 6.07 Å². The van der Waals surface area contributed by atoms with Crippen LogP contribution in [0, 0.1) is 5.82 Å². The molecule has 2 aromatic carbocycles. The lowest BCUT2D eigenvalue weighted by Crippen LogP contribution is -2.23. The van der Waals surface area contributed by atoms with Gasteiger partial charge in [0.2, 0.25) is 0 Å². The van der Waals surface area contributed by atoms with Crippen molar-refractivity contribution < 1.29 is 4.39 Å². The Morgan fingerprint density at radius 2 is 1.81 bits per heavy atom. The fourth-order valence-corrected chi connectivity index (χ4v) is 3.20. The third-order valence-corrected chi connectivity index (χ3v) is 4.21. The summed E-state index contributed by atoms with van der Waals surface area (Å²) in [6.07, 6.45) is 0.726. The molecule has 21 heavy (non-hydrogen) atoms. The molecule has 2 rings (SSSR count). The third kappa shape index (κ3) is 4.68. The fraction of sp³-hybridized carbons (Fsp3) is 0.250. The zero-order chi connectivity index (χ0) is 15.4. The van der Waals surface area contributed by atoms with Crippen LogP contribution in [0.2, 0.25) is 10.0 Å². The lowest BCUT2D eigenvalue weighted by atomic mass is 9.99. The number of likely N-dealkylation sites (N-methyl/N-ethyl adjacent to an activating group) is 1. The van der Waals surface area contributed by atoms with Crippen LogP contribution in [-0.4, -0.2) is 6.54 Å². The second-order valence-corrected chi connectivity index (χ2v) is 6.49. The molecule has 5 heteroatoms. The molecule has 0 aliphatic heterocycles. The topological polar surface area (TPSA) is 12.0 Å². The van der Waals surface area contributed by atoms with Gasteiger partial charge in [-0.15, -0.1) is 0 Å². The average molecular weight is 391 g/mol. The van der Waals surface area contributed by atoms with E-state index < -0.39 is 0 Å². The van der Waals surface area contributed by atoms with Crippen molar-refractivity contribution in [2.24, 2.45) is 0 Å². The normalized spacial score (nSPS) is 12.4.